The fourth-order valence-electron chi connectivity index (χ4n) is 0.783. The van der Waals surface area contributed by atoms with Crippen LogP contribution in [0.15, 0.2) is 0 Å². The molecule has 65 valence electrons. The van der Waals surface area contributed by atoms with E-state index in [-0.39, 0.29) is 11.9 Å². The van der Waals surface area contributed by atoms with Crippen LogP contribution in [0.3, 0.4) is 0 Å². The first-order chi connectivity index (χ1) is 5.17. The average Bonchev–Trinajstić information content (AvgIpc) is 2.68. The van der Waals surface area contributed by atoms with E-state index >= 15 is 0 Å². The molecule has 0 amide bonds. The molecule has 0 spiro atoms. The van der Waals surface area contributed by atoms with E-state index in [0.717, 1.165) is 12.8 Å². The van der Waals surface area contributed by atoms with Crippen LogP contribution in [0.4, 0.5) is 0 Å². The molecular formula is C6H12NO3S. The van der Waals surface area contributed by atoms with Crippen LogP contribution < -0.4 is 4.72 Å². The number of sulfonamides is 1. The second-order valence-corrected chi connectivity index (χ2v) is 4.74. The van der Waals surface area contributed by atoms with Crippen molar-refractivity contribution in [3.05, 3.63) is 0 Å². The van der Waals surface area contributed by atoms with Gasteiger partial charge < -0.3 is 0 Å². The van der Waals surface area contributed by atoms with E-state index in [1.54, 1.807) is 0 Å². The van der Waals surface area contributed by atoms with E-state index in [2.05, 4.69) is 4.72 Å². The lowest BCUT2D eigenvalue weighted by Gasteiger charge is -2.02. The van der Waals surface area contributed by atoms with Gasteiger partial charge in [-0.2, -0.15) is 0 Å². The lowest BCUT2D eigenvalue weighted by Crippen LogP contribution is -2.28. The SMILES string of the molecule is [O]CCCNS(=O)(=O)C1CC1. The minimum absolute atomic E-state index is 0.172. The van der Waals surface area contributed by atoms with Gasteiger partial charge in [-0.25, -0.2) is 18.2 Å². The zero-order valence-electron chi connectivity index (χ0n) is 6.25. The lowest BCUT2D eigenvalue weighted by molar-refractivity contribution is 0.190. The van der Waals surface area contributed by atoms with Crippen molar-refractivity contribution in [2.45, 2.75) is 24.5 Å². The summed E-state index contributed by atoms with van der Waals surface area (Å²) < 4.78 is 24.5. The van der Waals surface area contributed by atoms with Crippen LogP contribution in [0.25, 0.3) is 0 Å². The van der Waals surface area contributed by atoms with Gasteiger partial charge in [-0.15, -0.1) is 0 Å². The van der Waals surface area contributed by atoms with E-state index in [1.807, 2.05) is 0 Å². The standard InChI is InChI=1S/C6H12NO3S/c8-5-1-4-7-11(9,10)6-2-3-6/h6-7H,1-5H2. The third-order valence-corrected chi connectivity index (χ3v) is 3.54. The van der Waals surface area contributed by atoms with Gasteiger partial charge >= 0.3 is 0 Å². The molecular weight excluding hydrogens is 166 g/mol. The first-order valence-electron chi connectivity index (χ1n) is 3.73. The predicted octanol–water partition coefficient (Wildman–Crippen LogP) is -0.111. The maximum Gasteiger partial charge on any atom is 0.214 e. The van der Waals surface area contributed by atoms with Gasteiger partial charge in [-0.3, -0.25) is 0 Å². The monoisotopic (exact) mass is 178 g/mol. The van der Waals surface area contributed by atoms with Gasteiger partial charge in [0.1, 0.15) is 0 Å². The summed E-state index contributed by atoms with van der Waals surface area (Å²) in [4.78, 5) is 0. The highest BCUT2D eigenvalue weighted by Gasteiger charge is 2.34. The van der Waals surface area contributed by atoms with Crippen LogP contribution in [0.5, 0.6) is 0 Å². The summed E-state index contributed by atoms with van der Waals surface area (Å²) in [6.07, 6.45) is 1.92. The van der Waals surface area contributed by atoms with Gasteiger partial charge in [0.25, 0.3) is 0 Å². The molecule has 0 unspecified atom stereocenters. The summed E-state index contributed by atoms with van der Waals surface area (Å²) in [6.45, 7) is 0.0789. The highest BCUT2D eigenvalue weighted by molar-refractivity contribution is 7.90. The Hall–Kier alpha value is -0.130. The smallest absolute Gasteiger partial charge is 0.214 e. The van der Waals surface area contributed by atoms with Crippen LogP contribution in [-0.4, -0.2) is 26.8 Å². The molecule has 0 aromatic carbocycles. The third-order valence-electron chi connectivity index (χ3n) is 1.59. The zero-order valence-corrected chi connectivity index (χ0v) is 7.06. The molecule has 11 heavy (non-hydrogen) atoms. The predicted molar refractivity (Wildman–Crippen MR) is 40.1 cm³/mol. The van der Waals surface area contributed by atoms with Crippen LogP contribution in [0.2, 0.25) is 0 Å². The molecule has 1 aliphatic rings. The highest BCUT2D eigenvalue weighted by atomic mass is 32.2. The molecule has 0 atom stereocenters. The lowest BCUT2D eigenvalue weighted by atomic mass is 10.5. The molecule has 0 aliphatic heterocycles. The summed E-state index contributed by atoms with van der Waals surface area (Å²) >= 11 is 0. The van der Waals surface area contributed by atoms with Crippen molar-refractivity contribution in [1.82, 2.24) is 4.72 Å². The van der Waals surface area contributed by atoms with Crippen LogP contribution in [-0.2, 0) is 15.1 Å². The van der Waals surface area contributed by atoms with Crippen molar-refractivity contribution < 1.29 is 13.5 Å². The summed E-state index contributed by atoms with van der Waals surface area (Å²) in [5.74, 6) is 0. The molecule has 0 aromatic rings. The van der Waals surface area contributed by atoms with Crippen molar-refractivity contribution in [3.8, 4) is 0 Å². The second-order valence-electron chi connectivity index (χ2n) is 2.70. The van der Waals surface area contributed by atoms with Crippen molar-refractivity contribution in [3.63, 3.8) is 0 Å². The van der Waals surface area contributed by atoms with Crippen molar-refractivity contribution in [2.75, 3.05) is 13.2 Å². The van der Waals surface area contributed by atoms with E-state index in [4.69, 9.17) is 0 Å². The molecule has 1 radical (unpaired) electrons. The molecule has 1 aliphatic carbocycles. The molecule has 1 N–H and O–H groups in total. The molecule has 0 aromatic heterocycles. The molecule has 1 fully saturated rings. The van der Waals surface area contributed by atoms with E-state index in [1.165, 1.54) is 0 Å². The Kier molecular flexibility index (Phi) is 2.86. The molecule has 0 bridgehead atoms. The Balaban J connectivity index is 2.23. The van der Waals surface area contributed by atoms with Crippen molar-refractivity contribution in [2.24, 2.45) is 0 Å². The third kappa shape index (κ3) is 2.76. The number of rotatable bonds is 5. The van der Waals surface area contributed by atoms with Crippen LogP contribution in [0, 0.1) is 0 Å². The molecule has 5 heteroatoms. The molecule has 0 heterocycles. The van der Waals surface area contributed by atoms with Gasteiger partial charge in [0.05, 0.1) is 11.9 Å². The van der Waals surface area contributed by atoms with E-state index < -0.39 is 10.0 Å². The molecule has 1 rings (SSSR count). The molecule has 4 nitrogen and oxygen atoms in total. The Morgan fingerprint density at radius 3 is 2.45 bits per heavy atom. The molecule has 1 saturated carbocycles. The Bertz CT molecular complexity index is 208. The van der Waals surface area contributed by atoms with Crippen molar-refractivity contribution >= 4 is 10.0 Å². The van der Waals surface area contributed by atoms with Gasteiger partial charge in [0.15, 0.2) is 0 Å². The number of hydrogen-bond donors (Lipinski definition) is 1. The van der Waals surface area contributed by atoms with Gasteiger partial charge in [-0.1, -0.05) is 0 Å². The van der Waals surface area contributed by atoms with Gasteiger partial charge in [0, 0.05) is 6.54 Å². The summed E-state index contributed by atoms with van der Waals surface area (Å²) in [7, 11) is -3.05. The maximum absolute atomic E-state index is 11.1. The first kappa shape index (κ1) is 8.96. The summed E-state index contributed by atoms with van der Waals surface area (Å²) in [5, 5.41) is 9.79. The van der Waals surface area contributed by atoms with Crippen molar-refractivity contribution in [1.29, 1.82) is 0 Å². The largest absolute Gasteiger partial charge is 0.237 e. The molecule has 0 saturated heterocycles. The topological polar surface area (TPSA) is 66.1 Å². The van der Waals surface area contributed by atoms with Gasteiger partial charge in [-0.05, 0) is 19.3 Å². The van der Waals surface area contributed by atoms with E-state index in [0.29, 0.717) is 13.0 Å². The van der Waals surface area contributed by atoms with Gasteiger partial charge in [0.2, 0.25) is 10.0 Å². The fourth-order valence-corrected chi connectivity index (χ4v) is 2.20. The minimum Gasteiger partial charge on any atom is -0.237 e. The number of hydrogen-bond acceptors (Lipinski definition) is 2. The fraction of sp³-hybridized carbons (Fsp3) is 1.00. The first-order valence-corrected chi connectivity index (χ1v) is 5.28. The average molecular weight is 178 g/mol. The Labute approximate surface area is 66.7 Å². The Morgan fingerprint density at radius 1 is 1.36 bits per heavy atom. The minimum atomic E-state index is -3.05. The summed E-state index contributed by atoms with van der Waals surface area (Å²) in [5.41, 5.74) is 0. The zero-order chi connectivity index (χ0) is 8.32. The Morgan fingerprint density at radius 2 is 2.00 bits per heavy atom. The second kappa shape index (κ2) is 3.51. The summed E-state index contributed by atoms with van der Waals surface area (Å²) in [6, 6.07) is 0. The quantitative estimate of drug-likeness (QED) is 0.597. The van der Waals surface area contributed by atoms with Crippen LogP contribution in [0.1, 0.15) is 19.3 Å². The normalized spacial score (nSPS) is 18.6. The number of nitrogens with one attached hydrogen (secondary N) is 1. The van der Waals surface area contributed by atoms with Crippen LogP contribution >= 0.6 is 0 Å². The van der Waals surface area contributed by atoms with E-state index in [9.17, 15) is 13.5 Å². The maximum atomic E-state index is 11.1. The highest BCUT2D eigenvalue weighted by Crippen LogP contribution is 2.27.